The van der Waals surface area contributed by atoms with Crippen LogP contribution in [0.15, 0.2) is 18.3 Å². The molecule has 0 atom stereocenters. The highest BCUT2D eigenvalue weighted by Crippen LogP contribution is 2.27. The van der Waals surface area contributed by atoms with E-state index in [2.05, 4.69) is 40.2 Å². The molecule has 1 saturated heterocycles. The number of pyridine rings is 1. The number of aromatic nitrogens is 3. The standard InChI is InChI=1S/C16H23N5/c1-12-14(13(2)20(3)19-12)11-18-15-7-6-8-17-16(15)21-9-4-5-10-21/h6-8,18H,4-5,9-11H2,1-3H3. The number of nitrogens with zero attached hydrogens (tertiary/aromatic N) is 4. The molecule has 0 radical (unpaired) electrons. The summed E-state index contributed by atoms with van der Waals surface area (Å²) in [7, 11) is 1.99. The van der Waals surface area contributed by atoms with E-state index in [4.69, 9.17) is 0 Å². The van der Waals surface area contributed by atoms with Gasteiger partial charge in [-0.05, 0) is 38.8 Å². The molecule has 0 amide bonds. The number of rotatable bonds is 4. The molecule has 2 aromatic rings. The van der Waals surface area contributed by atoms with Gasteiger partial charge in [-0.3, -0.25) is 4.68 Å². The number of hydrogen-bond acceptors (Lipinski definition) is 4. The lowest BCUT2D eigenvalue weighted by atomic mass is 10.2. The Bertz CT molecular complexity index is 626. The van der Waals surface area contributed by atoms with Crippen molar-refractivity contribution in [3.8, 4) is 0 Å². The van der Waals surface area contributed by atoms with Crippen molar-refractivity contribution in [1.82, 2.24) is 14.8 Å². The highest BCUT2D eigenvalue weighted by Gasteiger charge is 2.17. The van der Waals surface area contributed by atoms with E-state index in [9.17, 15) is 0 Å². The van der Waals surface area contributed by atoms with E-state index in [1.807, 2.05) is 24.0 Å². The van der Waals surface area contributed by atoms with Gasteiger partial charge in [0, 0.05) is 44.1 Å². The maximum Gasteiger partial charge on any atom is 0.151 e. The lowest BCUT2D eigenvalue weighted by Crippen LogP contribution is -2.20. The first-order valence-electron chi connectivity index (χ1n) is 7.59. The third kappa shape index (κ3) is 2.73. The second-order valence-electron chi connectivity index (χ2n) is 5.70. The SMILES string of the molecule is Cc1nn(C)c(C)c1CNc1cccnc1N1CCCC1. The molecule has 1 N–H and O–H groups in total. The molecule has 1 aliphatic heterocycles. The van der Waals surface area contributed by atoms with E-state index in [-0.39, 0.29) is 0 Å². The highest BCUT2D eigenvalue weighted by atomic mass is 15.3. The summed E-state index contributed by atoms with van der Waals surface area (Å²) in [6, 6.07) is 4.10. The first-order chi connectivity index (χ1) is 10.2. The Balaban J connectivity index is 1.79. The van der Waals surface area contributed by atoms with E-state index >= 15 is 0 Å². The van der Waals surface area contributed by atoms with Crippen LogP contribution in [-0.2, 0) is 13.6 Å². The van der Waals surface area contributed by atoms with Crippen LogP contribution in [0.1, 0.15) is 29.8 Å². The van der Waals surface area contributed by atoms with Crippen LogP contribution in [0.3, 0.4) is 0 Å². The smallest absolute Gasteiger partial charge is 0.151 e. The molecule has 0 spiro atoms. The van der Waals surface area contributed by atoms with E-state index in [0.717, 1.165) is 36.8 Å². The minimum atomic E-state index is 0.790. The molecule has 112 valence electrons. The van der Waals surface area contributed by atoms with Crippen molar-refractivity contribution in [3.05, 3.63) is 35.3 Å². The van der Waals surface area contributed by atoms with Gasteiger partial charge in [0.15, 0.2) is 5.82 Å². The zero-order chi connectivity index (χ0) is 14.8. The Labute approximate surface area is 126 Å². The van der Waals surface area contributed by atoms with E-state index in [1.165, 1.54) is 24.1 Å². The minimum Gasteiger partial charge on any atom is -0.378 e. The maximum atomic E-state index is 4.57. The van der Waals surface area contributed by atoms with Gasteiger partial charge in [-0.2, -0.15) is 5.10 Å². The summed E-state index contributed by atoms with van der Waals surface area (Å²) in [6.07, 6.45) is 4.40. The first kappa shape index (κ1) is 13.9. The monoisotopic (exact) mass is 285 g/mol. The highest BCUT2D eigenvalue weighted by molar-refractivity contribution is 5.65. The van der Waals surface area contributed by atoms with Gasteiger partial charge in [0.25, 0.3) is 0 Å². The average molecular weight is 285 g/mol. The summed E-state index contributed by atoms with van der Waals surface area (Å²) in [5.74, 6) is 1.08. The van der Waals surface area contributed by atoms with Gasteiger partial charge < -0.3 is 10.2 Å². The molecule has 3 heterocycles. The van der Waals surface area contributed by atoms with Crippen molar-refractivity contribution in [2.24, 2.45) is 7.05 Å². The van der Waals surface area contributed by atoms with Gasteiger partial charge in [-0.15, -0.1) is 0 Å². The number of anilines is 2. The number of aryl methyl sites for hydroxylation is 2. The van der Waals surface area contributed by atoms with Crippen LogP contribution in [0, 0.1) is 13.8 Å². The van der Waals surface area contributed by atoms with Gasteiger partial charge in [0.05, 0.1) is 11.4 Å². The van der Waals surface area contributed by atoms with Crippen LogP contribution >= 0.6 is 0 Å². The van der Waals surface area contributed by atoms with Crippen LogP contribution in [0.2, 0.25) is 0 Å². The Morgan fingerprint density at radius 3 is 2.67 bits per heavy atom. The molecule has 5 heteroatoms. The zero-order valence-corrected chi connectivity index (χ0v) is 13.1. The summed E-state index contributed by atoms with van der Waals surface area (Å²) in [5.41, 5.74) is 4.69. The normalized spacial score (nSPS) is 14.7. The topological polar surface area (TPSA) is 46.0 Å². The van der Waals surface area contributed by atoms with Crippen molar-refractivity contribution < 1.29 is 0 Å². The van der Waals surface area contributed by atoms with Gasteiger partial charge in [0.2, 0.25) is 0 Å². The van der Waals surface area contributed by atoms with Gasteiger partial charge >= 0.3 is 0 Å². The lowest BCUT2D eigenvalue weighted by molar-refractivity contribution is 0.730. The first-order valence-corrected chi connectivity index (χ1v) is 7.59. The molecular weight excluding hydrogens is 262 g/mol. The van der Waals surface area contributed by atoms with Crippen molar-refractivity contribution in [3.63, 3.8) is 0 Å². The molecule has 2 aromatic heterocycles. The zero-order valence-electron chi connectivity index (χ0n) is 13.1. The van der Waals surface area contributed by atoms with Crippen molar-refractivity contribution >= 4 is 11.5 Å². The second kappa shape index (κ2) is 5.76. The van der Waals surface area contributed by atoms with Gasteiger partial charge in [-0.25, -0.2) is 4.98 Å². The van der Waals surface area contributed by atoms with Crippen molar-refractivity contribution in [2.75, 3.05) is 23.3 Å². The number of nitrogens with one attached hydrogen (secondary N) is 1. The van der Waals surface area contributed by atoms with Crippen molar-refractivity contribution in [2.45, 2.75) is 33.2 Å². The fraction of sp³-hybridized carbons (Fsp3) is 0.500. The third-order valence-corrected chi connectivity index (χ3v) is 4.31. The summed E-state index contributed by atoms with van der Waals surface area (Å²) in [5, 5.41) is 8.02. The molecule has 3 rings (SSSR count). The summed E-state index contributed by atoms with van der Waals surface area (Å²) in [4.78, 5) is 6.93. The molecule has 0 aliphatic carbocycles. The third-order valence-electron chi connectivity index (χ3n) is 4.31. The van der Waals surface area contributed by atoms with Crippen LogP contribution in [0.4, 0.5) is 11.5 Å². The van der Waals surface area contributed by atoms with Crippen LogP contribution in [-0.4, -0.2) is 27.9 Å². The molecule has 1 fully saturated rings. The predicted molar refractivity (Wildman–Crippen MR) is 85.7 cm³/mol. The summed E-state index contributed by atoms with van der Waals surface area (Å²) >= 11 is 0. The van der Waals surface area contributed by atoms with Crippen molar-refractivity contribution in [1.29, 1.82) is 0 Å². The number of hydrogen-bond donors (Lipinski definition) is 1. The summed E-state index contributed by atoms with van der Waals surface area (Å²) < 4.78 is 1.94. The minimum absolute atomic E-state index is 0.790. The largest absolute Gasteiger partial charge is 0.378 e. The van der Waals surface area contributed by atoms with Gasteiger partial charge in [0.1, 0.15) is 0 Å². The molecule has 0 saturated carbocycles. The van der Waals surface area contributed by atoms with Gasteiger partial charge in [-0.1, -0.05) is 0 Å². The quantitative estimate of drug-likeness (QED) is 0.938. The van der Waals surface area contributed by atoms with E-state index in [0.29, 0.717) is 0 Å². The maximum absolute atomic E-state index is 4.57. The van der Waals surface area contributed by atoms with Crippen LogP contribution in [0.25, 0.3) is 0 Å². The molecular formula is C16H23N5. The molecule has 0 unspecified atom stereocenters. The Morgan fingerprint density at radius 1 is 1.24 bits per heavy atom. The van der Waals surface area contributed by atoms with E-state index < -0.39 is 0 Å². The Hall–Kier alpha value is -2.04. The molecule has 21 heavy (non-hydrogen) atoms. The molecule has 1 aliphatic rings. The lowest BCUT2D eigenvalue weighted by Gasteiger charge is -2.20. The van der Waals surface area contributed by atoms with Crippen LogP contribution in [0.5, 0.6) is 0 Å². The molecule has 0 bridgehead atoms. The van der Waals surface area contributed by atoms with E-state index in [1.54, 1.807) is 0 Å². The Kier molecular flexibility index (Phi) is 3.82. The molecule has 5 nitrogen and oxygen atoms in total. The predicted octanol–water partition coefficient (Wildman–Crippen LogP) is 2.64. The average Bonchev–Trinajstić information content (AvgIpc) is 3.08. The molecule has 0 aromatic carbocycles. The summed E-state index contributed by atoms with van der Waals surface area (Å²) in [6.45, 7) is 7.18. The Morgan fingerprint density at radius 2 is 2.00 bits per heavy atom. The van der Waals surface area contributed by atoms with Crippen LogP contribution < -0.4 is 10.2 Å². The second-order valence-corrected chi connectivity index (χ2v) is 5.70. The fourth-order valence-corrected chi connectivity index (χ4v) is 2.97. The fourth-order valence-electron chi connectivity index (χ4n) is 2.97.